The smallest absolute Gasteiger partial charge is 0.228 e. The molecule has 4 nitrogen and oxygen atoms in total. The maximum atomic E-state index is 12.6. The number of ketones is 1. The largest absolute Gasteiger partial charge is 0.394 e. The van der Waals surface area contributed by atoms with Crippen LogP contribution in [0.1, 0.15) is 61.4 Å². The highest BCUT2D eigenvalue weighted by atomic mass is 16.3. The van der Waals surface area contributed by atoms with Crippen molar-refractivity contribution in [3.05, 3.63) is 35.4 Å². The first-order chi connectivity index (χ1) is 10.0. The van der Waals surface area contributed by atoms with Gasteiger partial charge in [0.1, 0.15) is 0 Å². The van der Waals surface area contributed by atoms with Crippen LogP contribution in [0.3, 0.4) is 0 Å². The van der Waals surface area contributed by atoms with Gasteiger partial charge < -0.3 is 10.4 Å². The van der Waals surface area contributed by atoms with E-state index in [1.165, 1.54) is 0 Å². The van der Waals surface area contributed by atoms with Gasteiger partial charge in [-0.3, -0.25) is 9.59 Å². The molecule has 0 aromatic heterocycles. The predicted molar refractivity (Wildman–Crippen MR) is 81.3 cm³/mol. The second kappa shape index (κ2) is 6.39. The number of fused-ring (bicyclic) bond motifs is 1. The maximum Gasteiger partial charge on any atom is 0.228 e. The first-order valence-electron chi connectivity index (χ1n) is 7.56. The fourth-order valence-electron chi connectivity index (χ4n) is 3.01. The molecule has 0 fully saturated rings. The molecule has 1 aromatic carbocycles. The summed E-state index contributed by atoms with van der Waals surface area (Å²) in [5.41, 5.74) is 0.871. The molecule has 1 aliphatic carbocycles. The van der Waals surface area contributed by atoms with Crippen LogP contribution in [0.4, 0.5) is 0 Å². The van der Waals surface area contributed by atoms with Crippen molar-refractivity contribution >= 4 is 11.7 Å². The normalized spacial score (nSPS) is 20.5. The number of benzene rings is 1. The van der Waals surface area contributed by atoms with E-state index in [9.17, 15) is 14.7 Å². The molecule has 1 aliphatic rings. The van der Waals surface area contributed by atoms with E-state index in [1.54, 1.807) is 6.07 Å². The lowest BCUT2D eigenvalue weighted by Crippen LogP contribution is -2.50. The molecule has 0 heterocycles. The number of amides is 1. The van der Waals surface area contributed by atoms with Gasteiger partial charge in [0, 0.05) is 12.0 Å². The highest BCUT2D eigenvalue weighted by Crippen LogP contribution is 2.32. The van der Waals surface area contributed by atoms with Crippen molar-refractivity contribution in [3.63, 3.8) is 0 Å². The van der Waals surface area contributed by atoms with Gasteiger partial charge in [-0.1, -0.05) is 37.6 Å². The van der Waals surface area contributed by atoms with Crippen molar-refractivity contribution in [2.24, 2.45) is 0 Å². The number of aliphatic hydroxyl groups is 1. The zero-order chi connectivity index (χ0) is 15.5. The number of carbonyl (C=O) groups is 2. The minimum atomic E-state index is -0.595. The standard InChI is InChI=1S/C17H23NO3/c1-3-10-17(2,11-19)18-16(21)14-8-9-15(20)13-7-5-4-6-12(13)14/h4-7,14,19H,3,8-11H2,1-2H3,(H,18,21). The van der Waals surface area contributed by atoms with Crippen LogP contribution in [0, 0.1) is 0 Å². The zero-order valence-electron chi connectivity index (χ0n) is 12.7. The Labute approximate surface area is 125 Å². The van der Waals surface area contributed by atoms with Crippen LogP contribution < -0.4 is 5.32 Å². The van der Waals surface area contributed by atoms with E-state index < -0.39 is 5.54 Å². The molecule has 2 atom stereocenters. The molecule has 2 rings (SSSR count). The van der Waals surface area contributed by atoms with E-state index in [0.717, 1.165) is 18.4 Å². The Morgan fingerprint density at radius 1 is 1.43 bits per heavy atom. The molecule has 2 unspecified atom stereocenters. The molecule has 0 radical (unpaired) electrons. The van der Waals surface area contributed by atoms with Gasteiger partial charge in [0.15, 0.2) is 5.78 Å². The summed E-state index contributed by atoms with van der Waals surface area (Å²) in [4.78, 5) is 24.5. The van der Waals surface area contributed by atoms with Gasteiger partial charge in [-0.15, -0.1) is 0 Å². The Balaban J connectivity index is 2.21. The van der Waals surface area contributed by atoms with Crippen LogP contribution in [-0.4, -0.2) is 28.9 Å². The summed E-state index contributed by atoms with van der Waals surface area (Å²) in [6, 6.07) is 7.32. The van der Waals surface area contributed by atoms with Crippen LogP contribution in [0.15, 0.2) is 24.3 Å². The summed E-state index contributed by atoms with van der Waals surface area (Å²) < 4.78 is 0. The Bertz CT molecular complexity index is 541. The Morgan fingerprint density at radius 2 is 2.14 bits per heavy atom. The molecule has 0 spiro atoms. The molecule has 1 aromatic rings. The molecule has 0 bridgehead atoms. The molecule has 2 N–H and O–H groups in total. The molecule has 0 saturated carbocycles. The molecule has 4 heteroatoms. The number of aliphatic hydroxyl groups excluding tert-OH is 1. The number of hydrogen-bond donors (Lipinski definition) is 2. The van der Waals surface area contributed by atoms with Crippen molar-refractivity contribution in [2.75, 3.05) is 6.61 Å². The lowest BCUT2D eigenvalue weighted by atomic mass is 9.81. The SMILES string of the molecule is CCCC(C)(CO)NC(=O)C1CCC(=O)c2ccccc21. The topological polar surface area (TPSA) is 66.4 Å². The van der Waals surface area contributed by atoms with Crippen LogP contribution >= 0.6 is 0 Å². The van der Waals surface area contributed by atoms with E-state index in [1.807, 2.05) is 32.0 Å². The van der Waals surface area contributed by atoms with E-state index in [2.05, 4.69) is 5.32 Å². The quantitative estimate of drug-likeness (QED) is 0.875. The van der Waals surface area contributed by atoms with E-state index in [4.69, 9.17) is 0 Å². The maximum absolute atomic E-state index is 12.6. The Morgan fingerprint density at radius 3 is 2.81 bits per heavy atom. The monoisotopic (exact) mass is 289 g/mol. The number of hydrogen-bond acceptors (Lipinski definition) is 3. The number of carbonyl (C=O) groups excluding carboxylic acids is 2. The lowest BCUT2D eigenvalue weighted by molar-refractivity contribution is -0.125. The third kappa shape index (κ3) is 3.32. The van der Waals surface area contributed by atoms with Gasteiger partial charge in [-0.05, 0) is 25.3 Å². The zero-order valence-corrected chi connectivity index (χ0v) is 12.7. The third-order valence-electron chi connectivity index (χ3n) is 4.19. The van der Waals surface area contributed by atoms with Crippen LogP contribution in [0.25, 0.3) is 0 Å². The fraction of sp³-hybridized carbons (Fsp3) is 0.529. The van der Waals surface area contributed by atoms with Crippen molar-refractivity contribution in [1.29, 1.82) is 0 Å². The van der Waals surface area contributed by atoms with E-state index >= 15 is 0 Å². The van der Waals surface area contributed by atoms with Crippen LogP contribution in [0.5, 0.6) is 0 Å². The molecular formula is C17H23NO3. The van der Waals surface area contributed by atoms with Crippen LogP contribution in [0.2, 0.25) is 0 Å². The summed E-state index contributed by atoms with van der Waals surface area (Å²) >= 11 is 0. The van der Waals surface area contributed by atoms with Crippen LogP contribution in [-0.2, 0) is 4.79 Å². The fourth-order valence-corrected chi connectivity index (χ4v) is 3.01. The molecule has 21 heavy (non-hydrogen) atoms. The molecule has 0 aliphatic heterocycles. The molecule has 1 amide bonds. The predicted octanol–water partition coefficient (Wildman–Crippen LogP) is 2.41. The van der Waals surface area contributed by atoms with Gasteiger partial charge in [0.05, 0.1) is 18.1 Å². The molecular weight excluding hydrogens is 266 g/mol. The minimum absolute atomic E-state index is 0.0835. The number of Topliss-reactive ketones (excluding diaryl/α,β-unsaturated/α-hetero) is 1. The Kier molecular flexibility index (Phi) is 4.78. The summed E-state index contributed by atoms with van der Waals surface area (Å²) in [7, 11) is 0. The third-order valence-corrected chi connectivity index (χ3v) is 4.19. The van der Waals surface area contributed by atoms with Gasteiger partial charge in [-0.25, -0.2) is 0 Å². The first kappa shape index (κ1) is 15.7. The number of nitrogens with one attached hydrogen (secondary N) is 1. The van der Waals surface area contributed by atoms with E-state index in [0.29, 0.717) is 18.4 Å². The van der Waals surface area contributed by atoms with Crippen molar-refractivity contribution in [3.8, 4) is 0 Å². The molecule has 0 saturated heterocycles. The van der Waals surface area contributed by atoms with Gasteiger partial charge >= 0.3 is 0 Å². The summed E-state index contributed by atoms with van der Waals surface area (Å²) in [5.74, 6) is -0.297. The average Bonchev–Trinajstić information content (AvgIpc) is 2.48. The highest BCUT2D eigenvalue weighted by molar-refractivity contribution is 6.01. The average molecular weight is 289 g/mol. The van der Waals surface area contributed by atoms with Crippen molar-refractivity contribution in [2.45, 2.75) is 51.0 Å². The summed E-state index contributed by atoms with van der Waals surface area (Å²) in [6.45, 7) is 3.79. The van der Waals surface area contributed by atoms with Gasteiger partial charge in [-0.2, -0.15) is 0 Å². The van der Waals surface area contributed by atoms with Gasteiger partial charge in [0.2, 0.25) is 5.91 Å². The second-order valence-electron chi connectivity index (χ2n) is 6.06. The Hall–Kier alpha value is -1.68. The molecule has 114 valence electrons. The van der Waals surface area contributed by atoms with Crippen molar-refractivity contribution < 1.29 is 14.7 Å². The minimum Gasteiger partial charge on any atom is -0.394 e. The summed E-state index contributed by atoms with van der Waals surface area (Å²) in [6.07, 6.45) is 2.55. The first-order valence-corrected chi connectivity index (χ1v) is 7.56. The number of rotatable bonds is 5. The van der Waals surface area contributed by atoms with E-state index in [-0.39, 0.29) is 24.2 Å². The lowest BCUT2D eigenvalue weighted by Gasteiger charge is -2.32. The highest BCUT2D eigenvalue weighted by Gasteiger charge is 2.33. The summed E-state index contributed by atoms with van der Waals surface area (Å²) in [5, 5.41) is 12.5. The van der Waals surface area contributed by atoms with Crippen molar-refractivity contribution in [1.82, 2.24) is 5.32 Å². The van der Waals surface area contributed by atoms with Gasteiger partial charge in [0.25, 0.3) is 0 Å². The second-order valence-corrected chi connectivity index (χ2v) is 6.06.